The third-order valence-electron chi connectivity index (χ3n) is 4.41. The van der Waals surface area contributed by atoms with Crippen molar-refractivity contribution in [3.63, 3.8) is 0 Å². The smallest absolute Gasteiger partial charge is 0.0223 e. The third-order valence-corrected chi connectivity index (χ3v) is 4.68. The van der Waals surface area contributed by atoms with Crippen LogP contribution >= 0.6 is 11.6 Å². The van der Waals surface area contributed by atoms with E-state index in [1.165, 1.54) is 17.5 Å². The molecule has 0 saturated carbocycles. The lowest BCUT2D eigenvalue weighted by molar-refractivity contribution is 0.383. The Morgan fingerprint density at radius 1 is 0.905 bits per heavy atom. The molecule has 0 radical (unpaired) electrons. The summed E-state index contributed by atoms with van der Waals surface area (Å²) in [4.78, 5) is 0. The minimum absolute atomic E-state index is 0.0637. The summed E-state index contributed by atoms with van der Waals surface area (Å²) in [5.41, 5.74) is 2.86. The lowest BCUT2D eigenvalue weighted by Gasteiger charge is -2.34. The van der Waals surface area contributed by atoms with Gasteiger partial charge in [0, 0.05) is 11.3 Å². The van der Waals surface area contributed by atoms with Crippen molar-refractivity contribution in [1.82, 2.24) is 0 Å². The Kier molecular flexibility index (Phi) is 5.87. The molecular formula is C20H25Cl. The second-order valence-corrected chi connectivity index (χ2v) is 6.58. The van der Waals surface area contributed by atoms with E-state index in [1.807, 2.05) is 0 Å². The van der Waals surface area contributed by atoms with Crippen molar-refractivity contribution in [2.75, 3.05) is 5.88 Å². The second-order valence-electron chi connectivity index (χ2n) is 6.20. The number of alkyl halides is 1. The summed E-state index contributed by atoms with van der Waals surface area (Å²) < 4.78 is 0. The molecule has 0 saturated heterocycles. The van der Waals surface area contributed by atoms with Gasteiger partial charge in [0.25, 0.3) is 0 Å². The first-order valence-electron chi connectivity index (χ1n) is 7.84. The standard InChI is InChI=1S/C20H25Cl/c1-17(10-9-15-21)16-20(2,18-11-5-3-6-12-18)19-13-7-4-8-14-19/h3-8,11-14,17H,9-10,15-16H2,1-2H3. The maximum Gasteiger partial charge on any atom is 0.0223 e. The van der Waals surface area contributed by atoms with Crippen molar-refractivity contribution >= 4 is 11.6 Å². The molecule has 0 aliphatic rings. The lowest BCUT2D eigenvalue weighted by Crippen LogP contribution is -2.26. The molecule has 1 unspecified atom stereocenters. The van der Waals surface area contributed by atoms with Crippen LogP contribution in [0.5, 0.6) is 0 Å². The molecule has 0 heterocycles. The van der Waals surface area contributed by atoms with E-state index in [9.17, 15) is 0 Å². The molecule has 112 valence electrons. The van der Waals surface area contributed by atoms with Gasteiger partial charge in [0.15, 0.2) is 0 Å². The van der Waals surface area contributed by atoms with Gasteiger partial charge < -0.3 is 0 Å². The van der Waals surface area contributed by atoms with Crippen molar-refractivity contribution in [2.45, 2.75) is 38.5 Å². The Labute approximate surface area is 134 Å². The van der Waals surface area contributed by atoms with Gasteiger partial charge in [-0.3, -0.25) is 0 Å². The third kappa shape index (κ3) is 4.11. The van der Waals surface area contributed by atoms with E-state index in [-0.39, 0.29) is 5.41 Å². The molecule has 0 N–H and O–H groups in total. The summed E-state index contributed by atoms with van der Waals surface area (Å²) in [5.74, 6) is 1.42. The van der Waals surface area contributed by atoms with E-state index in [1.54, 1.807) is 0 Å². The van der Waals surface area contributed by atoms with Gasteiger partial charge in [0.1, 0.15) is 0 Å². The average Bonchev–Trinajstić information content (AvgIpc) is 2.54. The molecule has 0 aliphatic carbocycles. The highest BCUT2D eigenvalue weighted by atomic mass is 35.5. The summed E-state index contributed by atoms with van der Waals surface area (Å²) in [6, 6.07) is 21.7. The van der Waals surface area contributed by atoms with Gasteiger partial charge in [-0.1, -0.05) is 74.5 Å². The van der Waals surface area contributed by atoms with Crippen molar-refractivity contribution in [3.8, 4) is 0 Å². The number of hydrogen-bond acceptors (Lipinski definition) is 0. The molecule has 1 atom stereocenters. The van der Waals surface area contributed by atoms with Crippen molar-refractivity contribution in [1.29, 1.82) is 0 Å². The zero-order valence-electron chi connectivity index (χ0n) is 13.1. The highest BCUT2D eigenvalue weighted by molar-refractivity contribution is 6.17. The van der Waals surface area contributed by atoms with Crippen molar-refractivity contribution in [2.24, 2.45) is 5.92 Å². The SMILES string of the molecule is CC(CCCCl)CC(C)(c1ccccc1)c1ccccc1. The molecule has 0 fully saturated rings. The van der Waals surface area contributed by atoms with Crippen LogP contribution in [0, 0.1) is 5.92 Å². The Bertz CT molecular complexity index is 479. The summed E-state index contributed by atoms with van der Waals surface area (Å²) in [6.07, 6.45) is 3.44. The fourth-order valence-corrected chi connectivity index (χ4v) is 3.39. The van der Waals surface area contributed by atoms with Crippen molar-refractivity contribution < 1.29 is 0 Å². The summed E-state index contributed by atoms with van der Waals surface area (Å²) >= 11 is 5.85. The second kappa shape index (κ2) is 7.66. The van der Waals surface area contributed by atoms with E-state index in [0.717, 1.165) is 18.7 Å². The molecule has 2 aromatic carbocycles. The van der Waals surface area contributed by atoms with Crippen LogP contribution in [0.15, 0.2) is 60.7 Å². The van der Waals surface area contributed by atoms with Crippen LogP contribution in [0.25, 0.3) is 0 Å². The van der Waals surface area contributed by atoms with Gasteiger partial charge in [-0.2, -0.15) is 0 Å². The fourth-order valence-electron chi connectivity index (χ4n) is 3.24. The Morgan fingerprint density at radius 2 is 1.38 bits per heavy atom. The number of halogens is 1. The maximum absolute atomic E-state index is 5.85. The molecule has 1 heteroatoms. The van der Waals surface area contributed by atoms with E-state index in [0.29, 0.717) is 5.92 Å². The molecule has 2 rings (SSSR count). The first kappa shape index (κ1) is 16.1. The van der Waals surface area contributed by atoms with Gasteiger partial charge >= 0.3 is 0 Å². The average molecular weight is 301 g/mol. The fraction of sp³-hybridized carbons (Fsp3) is 0.400. The van der Waals surface area contributed by atoms with Gasteiger partial charge in [-0.25, -0.2) is 0 Å². The first-order chi connectivity index (χ1) is 10.2. The zero-order chi connectivity index (χ0) is 15.1. The largest absolute Gasteiger partial charge is 0.127 e. The maximum atomic E-state index is 5.85. The van der Waals surface area contributed by atoms with Crippen LogP contribution < -0.4 is 0 Å². The van der Waals surface area contributed by atoms with E-state index in [4.69, 9.17) is 11.6 Å². The van der Waals surface area contributed by atoms with Crippen LogP contribution in [0.4, 0.5) is 0 Å². The molecule has 0 nitrogen and oxygen atoms in total. The van der Waals surface area contributed by atoms with Gasteiger partial charge in [0.05, 0.1) is 0 Å². The van der Waals surface area contributed by atoms with Gasteiger partial charge in [-0.15, -0.1) is 11.6 Å². The Balaban J connectivity index is 2.31. The summed E-state index contributed by atoms with van der Waals surface area (Å²) in [6.45, 7) is 4.71. The van der Waals surface area contributed by atoms with Crippen LogP contribution in [0.1, 0.15) is 44.2 Å². The molecule has 0 aromatic heterocycles. The minimum Gasteiger partial charge on any atom is -0.127 e. The predicted octanol–water partition coefficient (Wildman–Crippen LogP) is 6.04. The molecule has 2 aromatic rings. The molecule has 0 bridgehead atoms. The summed E-state index contributed by atoms with van der Waals surface area (Å²) in [5, 5.41) is 0. The topological polar surface area (TPSA) is 0 Å². The van der Waals surface area contributed by atoms with Crippen LogP contribution in [-0.2, 0) is 5.41 Å². The van der Waals surface area contributed by atoms with Crippen LogP contribution in [-0.4, -0.2) is 5.88 Å². The van der Waals surface area contributed by atoms with Gasteiger partial charge in [0.2, 0.25) is 0 Å². The number of hydrogen-bond donors (Lipinski definition) is 0. The molecule has 21 heavy (non-hydrogen) atoms. The number of rotatable bonds is 7. The molecular weight excluding hydrogens is 276 g/mol. The van der Waals surface area contributed by atoms with Crippen molar-refractivity contribution in [3.05, 3.63) is 71.8 Å². The lowest BCUT2D eigenvalue weighted by atomic mass is 9.70. The normalized spacial score (nSPS) is 13.1. The highest BCUT2D eigenvalue weighted by Crippen LogP contribution is 2.38. The van der Waals surface area contributed by atoms with Crippen LogP contribution in [0.3, 0.4) is 0 Å². The predicted molar refractivity (Wildman–Crippen MR) is 93.1 cm³/mol. The van der Waals surface area contributed by atoms with E-state index >= 15 is 0 Å². The quantitative estimate of drug-likeness (QED) is 0.547. The summed E-state index contributed by atoms with van der Waals surface area (Å²) in [7, 11) is 0. The monoisotopic (exact) mass is 300 g/mol. The first-order valence-corrected chi connectivity index (χ1v) is 8.37. The Hall–Kier alpha value is -1.27. The molecule has 0 amide bonds. The van der Waals surface area contributed by atoms with E-state index in [2.05, 4.69) is 74.5 Å². The highest BCUT2D eigenvalue weighted by Gasteiger charge is 2.30. The molecule has 0 spiro atoms. The van der Waals surface area contributed by atoms with E-state index < -0.39 is 0 Å². The van der Waals surface area contributed by atoms with Gasteiger partial charge in [-0.05, 0) is 36.3 Å². The molecule has 0 aliphatic heterocycles. The zero-order valence-corrected chi connectivity index (χ0v) is 13.8. The number of benzene rings is 2. The van der Waals surface area contributed by atoms with Crippen LogP contribution in [0.2, 0.25) is 0 Å². The Morgan fingerprint density at radius 3 is 1.81 bits per heavy atom. The minimum atomic E-state index is 0.0637.